The third-order valence-corrected chi connectivity index (χ3v) is 2.85. The van der Waals surface area contributed by atoms with E-state index in [0.717, 1.165) is 6.42 Å². The SMILES string of the molecule is COC(=O)CCCCCC(CCC(=O)OC)[N+](=O)[O-]. The Balaban J connectivity index is 3.80. The standard InChI is InChI=1S/C12H21NO6/c1-18-11(14)7-5-3-4-6-10(13(16)17)8-9-12(15)19-2/h10H,3-9H2,1-2H3. The van der Waals surface area contributed by atoms with Crippen LogP contribution in [0.1, 0.15) is 44.9 Å². The third kappa shape index (κ3) is 8.98. The summed E-state index contributed by atoms with van der Waals surface area (Å²) in [6.45, 7) is 0. The fraction of sp³-hybridized carbons (Fsp3) is 0.833. The number of unbranched alkanes of at least 4 members (excludes halogenated alkanes) is 2. The van der Waals surface area contributed by atoms with Gasteiger partial charge in [0.2, 0.25) is 6.04 Å². The maximum absolute atomic E-state index is 10.9. The molecule has 0 aliphatic rings. The summed E-state index contributed by atoms with van der Waals surface area (Å²) in [5.74, 6) is -0.700. The molecule has 0 heterocycles. The van der Waals surface area contributed by atoms with Gasteiger partial charge in [0.05, 0.1) is 20.6 Å². The van der Waals surface area contributed by atoms with Gasteiger partial charge in [-0.15, -0.1) is 0 Å². The van der Waals surface area contributed by atoms with Crippen molar-refractivity contribution in [2.75, 3.05) is 14.2 Å². The lowest BCUT2D eigenvalue weighted by Crippen LogP contribution is -2.21. The van der Waals surface area contributed by atoms with Gasteiger partial charge in [-0.25, -0.2) is 0 Å². The summed E-state index contributed by atoms with van der Waals surface area (Å²) in [6.07, 6.45) is 3.05. The minimum absolute atomic E-state index is 0.0598. The molecule has 0 aromatic heterocycles. The van der Waals surface area contributed by atoms with Crippen molar-refractivity contribution in [1.29, 1.82) is 0 Å². The molecule has 0 rings (SSSR count). The van der Waals surface area contributed by atoms with Crippen LogP contribution in [0.3, 0.4) is 0 Å². The first kappa shape index (κ1) is 17.3. The van der Waals surface area contributed by atoms with E-state index in [0.29, 0.717) is 25.7 Å². The quantitative estimate of drug-likeness (QED) is 0.260. The zero-order valence-corrected chi connectivity index (χ0v) is 11.4. The van der Waals surface area contributed by atoms with Crippen LogP contribution in [-0.2, 0) is 19.1 Å². The Morgan fingerprint density at radius 2 is 1.58 bits per heavy atom. The molecule has 1 atom stereocenters. The van der Waals surface area contributed by atoms with Crippen LogP contribution in [0.2, 0.25) is 0 Å². The second kappa shape index (κ2) is 10.3. The molecule has 0 aromatic carbocycles. The zero-order chi connectivity index (χ0) is 14.7. The lowest BCUT2D eigenvalue weighted by atomic mass is 10.0. The average Bonchev–Trinajstić information content (AvgIpc) is 2.40. The molecule has 110 valence electrons. The van der Waals surface area contributed by atoms with E-state index < -0.39 is 12.0 Å². The molecule has 0 fully saturated rings. The number of rotatable bonds is 10. The highest BCUT2D eigenvalue weighted by molar-refractivity contribution is 5.69. The first-order valence-electron chi connectivity index (χ1n) is 6.28. The Bertz CT molecular complexity index is 305. The van der Waals surface area contributed by atoms with Crippen molar-refractivity contribution in [1.82, 2.24) is 0 Å². The third-order valence-electron chi connectivity index (χ3n) is 2.85. The maximum Gasteiger partial charge on any atom is 0.305 e. The van der Waals surface area contributed by atoms with Crippen molar-refractivity contribution in [3.63, 3.8) is 0 Å². The fourth-order valence-corrected chi connectivity index (χ4v) is 1.67. The molecule has 7 nitrogen and oxygen atoms in total. The molecule has 0 aromatic rings. The van der Waals surface area contributed by atoms with Gasteiger partial charge in [-0.3, -0.25) is 19.7 Å². The van der Waals surface area contributed by atoms with Gasteiger partial charge in [-0.2, -0.15) is 0 Å². The maximum atomic E-state index is 10.9. The highest BCUT2D eigenvalue weighted by Gasteiger charge is 2.20. The Labute approximate surface area is 112 Å². The lowest BCUT2D eigenvalue weighted by molar-refractivity contribution is -0.524. The van der Waals surface area contributed by atoms with Crippen LogP contribution in [-0.4, -0.2) is 37.1 Å². The number of ether oxygens (including phenoxy) is 2. The Morgan fingerprint density at radius 3 is 2.11 bits per heavy atom. The van der Waals surface area contributed by atoms with E-state index in [9.17, 15) is 19.7 Å². The summed E-state index contributed by atoms with van der Waals surface area (Å²) in [4.78, 5) is 32.2. The van der Waals surface area contributed by atoms with Crippen molar-refractivity contribution in [2.45, 2.75) is 51.0 Å². The van der Waals surface area contributed by atoms with E-state index in [4.69, 9.17) is 0 Å². The van der Waals surface area contributed by atoms with E-state index in [1.54, 1.807) is 0 Å². The van der Waals surface area contributed by atoms with E-state index in [1.807, 2.05) is 0 Å². The van der Waals surface area contributed by atoms with Crippen molar-refractivity contribution < 1.29 is 24.0 Å². The summed E-state index contributed by atoms with van der Waals surface area (Å²) in [5.41, 5.74) is 0. The second-order valence-electron chi connectivity index (χ2n) is 4.23. The number of nitrogens with zero attached hydrogens (tertiary/aromatic N) is 1. The minimum Gasteiger partial charge on any atom is -0.469 e. The summed E-state index contributed by atoms with van der Waals surface area (Å²) in [6, 6.07) is -0.725. The lowest BCUT2D eigenvalue weighted by Gasteiger charge is -2.08. The number of hydrogen-bond acceptors (Lipinski definition) is 6. The number of carbonyl (C=O) groups excluding carboxylic acids is 2. The van der Waals surface area contributed by atoms with Gasteiger partial charge >= 0.3 is 11.9 Å². The smallest absolute Gasteiger partial charge is 0.305 e. The average molecular weight is 275 g/mol. The second-order valence-corrected chi connectivity index (χ2v) is 4.23. The Morgan fingerprint density at radius 1 is 1.00 bits per heavy atom. The van der Waals surface area contributed by atoms with Gasteiger partial charge in [-0.1, -0.05) is 6.42 Å². The van der Waals surface area contributed by atoms with Crippen LogP contribution in [0.5, 0.6) is 0 Å². The van der Waals surface area contributed by atoms with E-state index in [-0.39, 0.29) is 23.7 Å². The largest absolute Gasteiger partial charge is 0.469 e. The predicted octanol–water partition coefficient (Wildman–Crippen LogP) is 1.71. The molecule has 0 N–H and O–H groups in total. The van der Waals surface area contributed by atoms with Crippen LogP contribution >= 0.6 is 0 Å². The van der Waals surface area contributed by atoms with Crippen molar-refractivity contribution in [3.05, 3.63) is 10.1 Å². The molecule has 0 amide bonds. The van der Waals surface area contributed by atoms with Gasteiger partial charge in [0.25, 0.3) is 0 Å². The molecule has 0 spiro atoms. The molecule has 0 aliphatic heterocycles. The molecular formula is C12H21NO6. The van der Waals surface area contributed by atoms with Crippen LogP contribution in [0, 0.1) is 10.1 Å². The topological polar surface area (TPSA) is 95.7 Å². The van der Waals surface area contributed by atoms with Crippen LogP contribution in [0.4, 0.5) is 0 Å². The Hall–Kier alpha value is -1.66. The molecule has 0 bridgehead atoms. The fourth-order valence-electron chi connectivity index (χ4n) is 1.67. The van der Waals surface area contributed by atoms with Gasteiger partial charge in [-0.05, 0) is 12.8 Å². The number of carbonyl (C=O) groups is 2. The van der Waals surface area contributed by atoms with E-state index in [2.05, 4.69) is 9.47 Å². The van der Waals surface area contributed by atoms with Crippen molar-refractivity contribution in [3.8, 4) is 0 Å². The van der Waals surface area contributed by atoms with Gasteiger partial charge < -0.3 is 9.47 Å². The van der Waals surface area contributed by atoms with Crippen molar-refractivity contribution in [2.24, 2.45) is 0 Å². The molecule has 0 saturated heterocycles. The Kier molecular flexibility index (Phi) is 9.38. The first-order chi connectivity index (χ1) is 9.01. The summed E-state index contributed by atoms with van der Waals surface area (Å²) >= 11 is 0. The minimum atomic E-state index is -0.725. The van der Waals surface area contributed by atoms with E-state index in [1.165, 1.54) is 14.2 Å². The monoisotopic (exact) mass is 275 g/mol. The van der Waals surface area contributed by atoms with Crippen LogP contribution < -0.4 is 0 Å². The van der Waals surface area contributed by atoms with Crippen LogP contribution in [0.25, 0.3) is 0 Å². The predicted molar refractivity (Wildman–Crippen MR) is 67.1 cm³/mol. The molecule has 7 heteroatoms. The molecule has 19 heavy (non-hydrogen) atoms. The zero-order valence-electron chi connectivity index (χ0n) is 11.4. The summed E-state index contributed by atoms with van der Waals surface area (Å²) in [5, 5.41) is 10.8. The first-order valence-corrected chi connectivity index (χ1v) is 6.28. The highest BCUT2D eigenvalue weighted by Crippen LogP contribution is 2.13. The van der Waals surface area contributed by atoms with Crippen LogP contribution in [0.15, 0.2) is 0 Å². The number of esters is 2. The molecule has 0 radical (unpaired) electrons. The molecule has 0 saturated carbocycles. The highest BCUT2D eigenvalue weighted by atomic mass is 16.6. The molecule has 1 unspecified atom stereocenters. The van der Waals surface area contributed by atoms with Crippen molar-refractivity contribution >= 4 is 11.9 Å². The normalized spacial score (nSPS) is 11.7. The number of hydrogen-bond donors (Lipinski definition) is 0. The summed E-state index contributed by atoms with van der Waals surface area (Å²) in [7, 11) is 2.59. The van der Waals surface area contributed by atoms with Gasteiger partial charge in [0, 0.05) is 24.2 Å². The van der Waals surface area contributed by atoms with Gasteiger partial charge in [0.1, 0.15) is 0 Å². The molecule has 0 aliphatic carbocycles. The van der Waals surface area contributed by atoms with E-state index >= 15 is 0 Å². The van der Waals surface area contributed by atoms with Gasteiger partial charge in [0.15, 0.2) is 0 Å². The number of nitro groups is 1. The molecular weight excluding hydrogens is 254 g/mol. The number of methoxy groups -OCH3 is 2. The summed E-state index contributed by atoms with van der Waals surface area (Å²) < 4.78 is 8.94.